The molecule has 0 atom stereocenters. The van der Waals surface area contributed by atoms with E-state index in [1.807, 2.05) is 6.07 Å². The predicted molar refractivity (Wildman–Crippen MR) is 125 cm³/mol. The molecule has 8 nitrogen and oxygen atoms in total. The van der Waals surface area contributed by atoms with Crippen LogP contribution in [0.15, 0.2) is 23.2 Å². The molecular weight excluding hydrogens is 408 g/mol. The SMILES string of the molecule is CCNC(=NCc1ccc(OC)c(C(=O)OC)c1)NCC1(N2CCOCC2)CCCCC1. The van der Waals surface area contributed by atoms with Crippen LogP contribution in [0.5, 0.6) is 5.75 Å². The number of guanidine groups is 1. The van der Waals surface area contributed by atoms with Crippen molar-refractivity contribution in [2.24, 2.45) is 4.99 Å². The Morgan fingerprint density at radius 1 is 1.16 bits per heavy atom. The van der Waals surface area contributed by atoms with Crippen LogP contribution in [0.2, 0.25) is 0 Å². The van der Waals surface area contributed by atoms with E-state index in [2.05, 4.69) is 22.5 Å². The van der Waals surface area contributed by atoms with Crippen LogP contribution in [0, 0.1) is 0 Å². The van der Waals surface area contributed by atoms with Gasteiger partial charge in [0.1, 0.15) is 11.3 Å². The topological polar surface area (TPSA) is 84.4 Å². The standard InChI is InChI=1S/C24H38N4O4/c1-4-25-23(26-17-19-8-9-21(30-2)20(16-19)22(29)31-3)27-18-24(10-6-5-7-11-24)28-12-14-32-15-13-28/h8-9,16H,4-7,10-15,17-18H2,1-3H3,(H2,25,26,27). The molecule has 8 heteroatoms. The summed E-state index contributed by atoms with van der Waals surface area (Å²) in [6, 6.07) is 5.50. The van der Waals surface area contributed by atoms with Crippen LogP contribution in [0.3, 0.4) is 0 Å². The Labute approximate surface area is 191 Å². The number of carbonyl (C=O) groups excluding carboxylic acids is 1. The van der Waals surface area contributed by atoms with Gasteiger partial charge in [0, 0.05) is 31.7 Å². The van der Waals surface area contributed by atoms with E-state index in [9.17, 15) is 4.79 Å². The number of hydrogen-bond acceptors (Lipinski definition) is 6. The zero-order valence-electron chi connectivity index (χ0n) is 19.7. The minimum Gasteiger partial charge on any atom is -0.496 e. The second-order valence-corrected chi connectivity index (χ2v) is 8.46. The van der Waals surface area contributed by atoms with E-state index in [0.29, 0.717) is 17.9 Å². The smallest absolute Gasteiger partial charge is 0.341 e. The summed E-state index contributed by atoms with van der Waals surface area (Å²) in [4.78, 5) is 19.5. The van der Waals surface area contributed by atoms with Gasteiger partial charge in [-0.2, -0.15) is 0 Å². The summed E-state index contributed by atoms with van der Waals surface area (Å²) in [6.07, 6.45) is 6.28. The Morgan fingerprint density at radius 2 is 1.91 bits per heavy atom. The number of carbonyl (C=O) groups is 1. The van der Waals surface area contributed by atoms with Crippen molar-refractivity contribution in [1.29, 1.82) is 0 Å². The molecule has 2 fully saturated rings. The first-order chi connectivity index (χ1) is 15.6. The van der Waals surface area contributed by atoms with Gasteiger partial charge in [-0.3, -0.25) is 4.90 Å². The molecule has 178 valence electrons. The predicted octanol–water partition coefficient (Wildman–Crippen LogP) is 2.57. The van der Waals surface area contributed by atoms with Crippen molar-refractivity contribution in [2.45, 2.75) is 51.1 Å². The number of nitrogens with one attached hydrogen (secondary N) is 2. The molecule has 1 aromatic carbocycles. The second-order valence-electron chi connectivity index (χ2n) is 8.46. The molecule has 3 rings (SSSR count). The molecule has 0 radical (unpaired) electrons. The van der Waals surface area contributed by atoms with E-state index < -0.39 is 5.97 Å². The molecule has 2 aliphatic rings. The minimum absolute atomic E-state index is 0.163. The van der Waals surface area contributed by atoms with Crippen molar-refractivity contribution in [3.05, 3.63) is 29.3 Å². The highest BCUT2D eigenvalue weighted by atomic mass is 16.5. The van der Waals surface area contributed by atoms with Gasteiger partial charge in [-0.1, -0.05) is 25.3 Å². The average Bonchev–Trinajstić information content (AvgIpc) is 2.86. The van der Waals surface area contributed by atoms with Crippen LogP contribution in [-0.4, -0.2) is 76.0 Å². The van der Waals surface area contributed by atoms with E-state index >= 15 is 0 Å². The van der Waals surface area contributed by atoms with Crippen LogP contribution >= 0.6 is 0 Å². The maximum Gasteiger partial charge on any atom is 0.341 e. The fourth-order valence-corrected chi connectivity index (χ4v) is 4.74. The highest BCUT2D eigenvalue weighted by molar-refractivity contribution is 5.92. The Hall–Kier alpha value is -2.32. The zero-order valence-corrected chi connectivity index (χ0v) is 19.7. The van der Waals surface area contributed by atoms with Crippen molar-refractivity contribution < 1.29 is 19.0 Å². The number of benzene rings is 1. The van der Waals surface area contributed by atoms with Crippen LogP contribution in [0.1, 0.15) is 54.9 Å². The normalized spacial score (nSPS) is 19.3. The Morgan fingerprint density at radius 3 is 2.56 bits per heavy atom. The molecule has 0 unspecified atom stereocenters. The Bertz CT molecular complexity index is 771. The number of methoxy groups -OCH3 is 2. The number of nitrogens with zero attached hydrogens (tertiary/aromatic N) is 2. The first kappa shape index (κ1) is 24.3. The van der Waals surface area contributed by atoms with Crippen LogP contribution < -0.4 is 15.4 Å². The summed E-state index contributed by atoms with van der Waals surface area (Å²) in [6.45, 7) is 7.80. The number of aliphatic imine (C=N–C) groups is 1. The van der Waals surface area contributed by atoms with Crippen LogP contribution in [0.25, 0.3) is 0 Å². The van der Waals surface area contributed by atoms with Crippen molar-refractivity contribution in [1.82, 2.24) is 15.5 Å². The van der Waals surface area contributed by atoms with E-state index in [-0.39, 0.29) is 5.54 Å². The van der Waals surface area contributed by atoms with Crippen LogP contribution in [-0.2, 0) is 16.0 Å². The van der Waals surface area contributed by atoms with Gasteiger partial charge in [-0.15, -0.1) is 0 Å². The lowest BCUT2D eigenvalue weighted by atomic mass is 9.80. The molecule has 32 heavy (non-hydrogen) atoms. The van der Waals surface area contributed by atoms with Crippen molar-refractivity contribution >= 4 is 11.9 Å². The zero-order chi connectivity index (χ0) is 22.8. The van der Waals surface area contributed by atoms with Crippen molar-refractivity contribution in [2.75, 3.05) is 53.6 Å². The van der Waals surface area contributed by atoms with E-state index in [0.717, 1.165) is 50.9 Å². The number of rotatable bonds is 8. The number of hydrogen-bond donors (Lipinski definition) is 2. The third-order valence-electron chi connectivity index (χ3n) is 6.48. The summed E-state index contributed by atoms with van der Waals surface area (Å²) in [7, 11) is 2.91. The molecule has 1 aromatic rings. The molecule has 2 N–H and O–H groups in total. The number of ether oxygens (including phenoxy) is 3. The van der Waals surface area contributed by atoms with E-state index in [1.165, 1.54) is 39.2 Å². The maximum atomic E-state index is 12.1. The van der Waals surface area contributed by atoms with Gasteiger partial charge in [0.2, 0.25) is 0 Å². The first-order valence-electron chi connectivity index (χ1n) is 11.7. The summed E-state index contributed by atoms with van der Waals surface area (Å²) in [5.41, 5.74) is 1.49. The monoisotopic (exact) mass is 446 g/mol. The molecule has 0 bridgehead atoms. The lowest BCUT2D eigenvalue weighted by molar-refractivity contribution is -0.0352. The second kappa shape index (κ2) is 12.1. The van der Waals surface area contributed by atoms with Gasteiger partial charge in [0.05, 0.1) is 34.0 Å². The Kier molecular flexibility index (Phi) is 9.17. The fraction of sp³-hybridized carbons (Fsp3) is 0.667. The average molecular weight is 447 g/mol. The van der Waals surface area contributed by atoms with Gasteiger partial charge in [0.15, 0.2) is 5.96 Å². The van der Waals surface area contributed by atoms with E-state index in [4.69, 9.17) is 19.2 Å². The lowest BCUT2D eigenvalue weighted by Gasteiger charge is -2.48. The molecule has 0 amide bonds. The largest absolute Gasteiger partial charge is 0.496 e. The molecule has 0 aromatic heterocycles. The van der Waals surface area contributed by atoms with Gasteiger partial charge in [-0.25, -0.2) is 9.79 Å². The summed E-state index contributed by atoms with van der Waals surface area (Å²) in [5, 5.41) is 6.97. The van der Waals surface area contributed by atoms with Gasteiger partial charge < -0.3 is 24.8 Å². The first-order valence-corrected chi connectivity index (χ1v) is 11.7. The molecule has 1 saturated heterocycles. The number of esters is 1. The Balaban J connectivity index is 1.71. The molecule has 1 heterocycles. The summed E-state index contributed by atoms with van der Waals surface area (Å²) in [5.74, 6) is 0.878. The van der Waals surface area contributed by atoms with Gasteiger partial charge >= 0.3 is 5.97 Å². The van der Waals surface area contributed by atoms with E-state index in [1.54, 1.807) is 19.2 Å². The molecule has 1 aliphatic heterocycles. The fourth-order valence-electron chi connectivity index (χ4n) is 4.74. The summed E-state index contributed by atoms with van der Waals surface area (Å²) >= 11 is 0. The van der Waals surface area contributed by atoms with Crippen LogP contribution in [0.4, 0.5) is 0 Å². The third-order valence-corrected chi connectivity index (χ3v) is 6.48. The maximum absolute atomic E-state index is 12.1. The lowest BCUT2D eigenvalue weighted by Crippen LogP contribution is -2.60. The molecule has 0 spiro atoms. The van der Waals surface area contributed by atoms with Gasteiger partial charge in [-0.05, 0) is 37.5 Å². The quantitative estimate of drug-likeness (QED) is 0.361. The number of morpholine rings is 1. The molecule has 1 aliphatic carbocycles. The third kappa shape index (κ3) is 6.13. The highest BCUT2D eigenvalue weighted by Gasteiger charge is 2.38. The summed E-state index contributed by atoms with van der Waals surface area (Å²) < 4.78 is 15.8. The van der Waals surface area contributed by atoms with Crippen molar-refractivity contribution in [3.63, 3.8) is 0 Å². The van der Waals surface area contributed by atoms with Gasteiger partial charge in [0.25, 0.3) is 0 Å². The van der Waals surface area contributed by atoms with Crippen molar-refractivity contribution in [3.8, 4) is 5.75 Å². The molecular formula is C24H38N4O4. The highest BCUT2D eigenvalue weighted by Crippen LogP contribution is 2.33. The molecule has 1 saturated carbocycles. The minimum atomic E-state index is -0.414.